The first-order valence-corrected chi connectivity index (χ1v) is 7.76. The van der Waals surface area contributed by atoms with Gasteiger partial charge >= 0.3 is 5.97 Å². The number of nitrogens with one attached hydrogen (secondary N) is 1. The fraction of sp³-hybridized carbons (Fsp3) is 0.176. The first-order valence-electron chi connectivity index (χ1n) is 6.97. The average molecular weight is 378 g/mol. The quantitative estimate of drug-likeness (QED) is 0.826. The summed E-state index contributed by atoms with van der Waals surface area (Å²) in [4.78, 5) is 23.8. The van der Waals surface area contributed by atoms with Crippen LogP contribution in [0.2, 0.25) is 0 Å². The van der Waals surface area contributed by atoms with Gasteiger partial charge in [-0.15, -0.1) is 0 Å². The number of aromatic carboxylic acids is 1. The van der Waals surface area contributed by atoms with Crippen molar-refractivity contribution in [2.45, 2.75) is 13.3 Å². The molecule has 0 heterocycles. The summed E-state index contributed by atoms with van der Waals surface area (Å²) in [5.41, 5.74) is 1.43. The highest BCUT2D eigenvalue weighted by atomic mass is 79.9. The van der Waals surface area contributed by atoms with Crippen molar-refractivity contribution in [2.24, 2.45) is 0 Å². The van der Waals surface area contributed by atoms with E-state index in [2.05, 4.69) is 21.2 Å². The second kappa shape index (κ2) is 7.28. The number of carbonyl (C=O) groups is 2. The summed E-state index contributed by atoms with van der Waals surface area (Å²) in [6.45, 7) is 1.91. The Labute approximate surface area is 142 Å². The van der Waals surface area contributed by atoms with Crippen molar-refractivity contribution in [2.75, 3.05) is 12.4 Å². The predicted molar refractivity (Wildman–Crippen MR) is 91.4 cm³/mol. The minimum atomic E-state index is -1.10. The van der Waals surface area contributed by atoms with E-state index in [-0.39, 0.29) is 17.2 Å². The zero-order chi connectivity index (χ0) is 17.0. The monoisotopic (exact) mass is 377 g/mol. The summed E-state index contributed by atoms with van der Waals surface area (Å²) in [5.74, 6) is -0.950. The van der Waals surface area contributed by atoms with Crippen LogP contribution in [-0.2, 0) is 6.42 Å². The van der Waals surface area contributed by atoms with Gasteiger partial charge in [-0.2, -0.15) is 0 Å². The van der Waals surface area contributed by atoms with E-state index in [9.17, 15) is 14.7 Å². The number of carboxylic acid groups (broad SMARTS) is 1. The minimum Gasteiger partial charge on any atom is -0.496 e. The van der Waals surface area contributed by atoms with Gasteiger partial charge < -0.3 is 15.2 Å². The van der Waals surface area contributed by atoms with Crippen molar-refractivity contribution >= 4 is 33.5 Å². The number of methoxy groups -OCH3 is 1. The van der Waals surface area contributed by atoms with E-state index in [1.54, 1.807) is 24.3 Å². The first kappa shape index (κ1) is 17.0. The summed E-state index contributed by atoms with van der Waals surface area (Å²) >= 11 is 3.30. The molecule has 0 unspecified atom stereocenters. The van der Waals surface area contributed by atoms with Crippen LogP contribution in [0.1, 0.15) is 33.2 Å². The molecule has 0 aromatic heterocycles. The van der Waals surface area contributed by atoms with Gasteiger partial charge in [-0.25, -0.2) is 4.79 Å². The lowest BCUT2D eigenvalue weighted by molar-refractivity contribution is 0.0698. The Morgan fingerprint density at radius 2 is 2.00 bits per heavy atom. The molecule has 0 saturated heterocycles. The van der Waals surface area contributed by atoms with E-state index in [1.807, 2.05) is 6.92 Å². The first-order chi connectivity index (χ1) is 11.0. The van der Waals surface area contributed by atoms with Crippen LogP contribution in [0.5, 0.6) is 5.75 Å². The van der Waals surface area contributed by atoms with Crippen molar-refractivity contribution in [3.63, 3.8) is 0 Å². The molecule has 0 saturated carbocycles. The van der Waals surface area contributed by atoms with Gasteiger partial charge in [0.1, 0.15) is 5.75 Å². The number of ether oxygens (including phenoxy) is 1. The number of hydrogen-bond acceptors (Lipinski definition) is 3. The Balaban J connectivity index is 2.41. The van der Waals surface area contributed by atoms with Crippen molar-refractivity contribution in [1.82, 2.24) is 0 Å². The molecule has 0 fully saturated rings. The molecule has 1 amide bonds. The fourth-order valence-electron chi connectivity index (χ4n) is 2.20. The molecule has 0 aliphatic carbocycles. The van der Waals surface area contributed by atoms with Crippen molar-refractivity contribution in [1.29, 1.82) is 0 Å². The van der Waals surface area contributed by atoms with E-state index >= 15 is 0 Å². The maximum Gasteiger partial charge on any atom is 0.337 e. The largest absolute Gasteiger partial charge is 0.496 e. The van der Waals surface area contributed by atoms with Gasteiger partial charge in [-0.3, -0.25) is 4.79 Å². The molecule has 0 aliphatic rings. The standard InChI is InChI=1S/C17H16BrNO4/c1-3-10-8-13(17(21)22)14(9-15(10)23-2)19-16(20)11-5-4-6-12(18)7-11/h4-9H,3H2,1-2H3,(H,19,20)(H,21,22). The maximum absolute atomic E-state index is 12.3. The lowest BCUT2D eigenvalue weighted by Crippen LogP contribution is -2.15. The Morgan fingerprint density at radius 3 is 2.57 bits per heavy atom. The van der Waals surface area contributed by atoms with Crippen LogP contribution in [0.15, 0.2) is 40.9 Å². The highest BCUT2D eigenvalue weighted by Gasteiger charge is 2.17. The molecule has 2 aromatic carbocycles. The van der Waals surface area contributed by atoms with E-state index in [0.29, 0.717) is 17.7 Å². The number of halogens is 1. The Bertz CT molecular complexity index is 758. The molecule has 0 aliphatic heterocycles. The van der Waals surface area contributed by atoms with Gasteiger partial charge in [-0.05, 0) is 36.2 Å². The maximum atomic E-state index is 12.3. The Hall–Kier alpha value is -2.34. The second-order valence-electron chi connectivity index (χ2n) is 4.83. The van der Waals surface area contributed by atoms with Crippen molar-refractivity contribution in [3.8, 4) is 5.75 Å². The zero-order valence-electron chi connectivity index (χ0n) is 12.7. The van der Waals surface area contributed by atoms with Crippen LogP contribution in [-0.4, -0.2) is 24.1 Å². The van der Waals surface area contributed by atoms with Crippen molar-refractivity contribution < 1.29 is 19.4 Å². The number of amides is 1. The van der Waals surface area contributed by atoms with E-state index in [1.165, 1.54) is 19.2 Å². The molecule has 23 heavy (non-hydrogen) atoms. The van der Waals surface area contributed by atoms with Crippen LogP contribution in [0, 0.1) is 0 Å². The summed E-state index contributed by atoms with van der Waals surface area (Å²) in [7, 11) is 1.51. The molecule has 0 spiro atoms. The molecule has 5 nitrogen and oxygen atoms in total. The third-order valence-corrected chi connectivity index (χ3v) is 3.86. The molecule has 0 atom stereocenters. The fourth-order valence-corrected chi connectivity index (χ4v) is 2.59. The highest BCUT2D eigenvalue weighted by molar-refractivity contribution is 9.10. The van der Waals surface area contributed by atoms with Gasteiger partial charge in [0.2, 0.25) is 0 Å². The number of aryl methyl sites for hydroxylation is 1. The number of benzene rings is 2. The molecule has 6 heteroatoms. The number of rotatable bonds is 5. The smallest absolute Gasteiger partial charge is 0.337 e. The third-order valence-electron chi connectivity index (χ3n) is 3.37. The SMILES string of the molecule is CCc1cc(C(=O)O)c(NC(=O)c2cccc(Br)c2)cc1OC. The molecule has 120 valence electrons. The number of hydrogen-bond donors (Lipinski definition) is 2. The second-order valence-corrected chi connectivity index (χ2v) is 5.75. The van der Waals surface area contributed by atoms with E-state index in [0.717, 1.165) is 10.0 Å². The van der Waals surface area contributed by atoms with Crippen LogP contribution in [0.4, 0.5) is 5.69 Å². The van der Waals surface area contributed by atoms with Crippen LogP contribution in [0.25, 0.3) is 0 Å². The van der Waals surface area contributed by atoms with Gasteiger partial charge in [0.15, 0.2) is 0 Å². The molecule has 2 aromatic rings. The lowest BCUT2D eigenvalue weighted by atomic mass is 10.0. The van der Waals surface area contributed by atoms with Gasteiger partial charge in [0, 0.05) is 16.1 Å². The number of anilines is 1. The summed E-state index contributed by atoms with van der Waals surface area (Å²) in [6.07, 6.45) is 0.628. The average Bonchev–Trinajstić information content (AvgIpc) is 2.54. The van der Waals surface area contributed by atoms with Gasteiger partial charge in [0.25, 0.3) is 5.91 Å². The lowest BCUT2D eigenvalue weighted by Gasteiger charge is -2.14. The van der Waals surface area contributed by atoms with Crippen molar-refractivity contribution in [3.05, 3.63) is 57.6 Å². The van der Waals surface area contributed by atoms with Crippen LogP contribution in [0.3, 0.4) is 0 Å². The zero-order valence-corrected chi connectivity index (χ0v) is 14.3. The van der Waals surface area contributed by atoms with Gasteiger partial charge in [-0.1, -0.05) is 28.9 Å². The third kappa shape index (κ3) is 3.90. The molecule has 2 rings (SSSR count). The highest BCUT2D eigenvalue weighted by Crippen LogP contribution is 2.28. The summed E-state index contributed by atoms with van der Waals surface area (Å²) < 4.78 is 6.03. The van der Waals surface area contributed by atoms with Crippen LogP contribution < -0.4 is 10.1 Å². The summed E-state index contributed by atoms with van der Waals surface area (Å²) in [5, 5.41) is 12.0. The molecule has 2 N–H and O–H groups in total. The number of carboxylic acids is 1. The predicted octanol–water partition coefficient (Wildman–Crippen LogP) is 3.97. The molecular formula is C17H16BrNO4. The normalized spacial score (nSPS) is 10.2. The Morgan fingerprint density at radius 1 is 1.26 bits per heavy atom. The van der Waals surface area contributed by atoms with Gasteiger partial charge in [0.05, 0.1) is 18.4 Å². The Kier molecular flexibility index (Phi) is 5.39. The molecular weight excluding hydrogens is 362 g/mol. The summed E-state index contributed by atoms with van der Waals surface area (Å²) in [6, 6.07) is 9.91. The minimum absolute atomic E-state index is 0.0333. The molecule has 0 bridgehead atoms. The van der Waals surface area contributed by atoms with E-state index in [4.69, 9.17) is 4.74 Å². The topological polar surface area (TPSA) is 75.6 Å². The van der Waals surface area contributed by atoms with E-state index < -0.39 is 5.97 Å². The molecule has 0 radical (unpaired) electrons. The van der Waals surface area contributed by atoms with Crippen LogP contribution >= 0.6 is 15.9 Å². The number of carbonyl (C=O) groups excluding carboxylic acids is 1.